The van der Waals surface area contributed by atoms with Crippen molar-refractivity contribution in [3.05, 3.63) is 47.4 Å². The smallest absolute Gasteiger partial charge is 0.181 e. The van der Waals surface area contributed by atoms with Gasteiger partial charge in [0.1, 0.15) is 5.69 Å². The van der Waals surface area contributed by atoms with Gasteiger partial charge in [0.15, 0.2) is 11.6 Å². The van der Waals surface area contributed by atoms with Gasteiger partial charge < -0.3 is 0 Å². The van der Waals surface area contributed by atoms with E-state index in [0.29, 0.717) is 5.92 Å². The third-order valence-corrected chi connectivity index (χ3v) is 4.11. The Morgan fingerprint density at radius 2 is 2.05 bits per heavy atom. The van der Waals surface area contributed by atoms with Crippen LogP contribution in [0.2, 0.25) is 0 Å². The molecular weight excluding hydrogens is 262 g/mol. The van der Waals surface area contributed by atoms with Crippen molar-refractivity contribution < 1.29 is 0 Å². The summed E-state index contributed by atoms with van der Waals surface area (Å²) in [5.41, 5.74) is 4.46. The van der Waals surface area contributed by atoms with Gasteiger partial charge in [0, 0.05) is 12.1 Å². The first kappa shape index (κ1) is 12.3. The largest absolute Gasteiger partial charge is 0.275 e. The van der Waals surface area contributed by atoms with E-state index in [0.717, 1.165) is 23.0 Å². The molecule has 21 heavy (non-hydrogen) atoms. The summed E-state index contributed by atoms with van der Waals surface area (Å²) in [5, 5.41) is 11.8. The number of hydrogen-bond donors (Lipinski definition) is 1. The first-order valence-electron chi connectivity index (χ1n) is 7.27. The number of H-pyrrole nitrogens is 1. The van der Waals surface area contributed by atoms with Crippen molar-refractivity contribution in [2.24, 2.45) is 0 Å². The van der Waals surface area contributed by atoms with Gasteiger partial charge in [0.05, 0.1) is 5.69 Å². The fraction of sp³-hybridized carbons (Fsp3) is 0.312. The molecule has 4 rings (SSSR count). The van der Waals surface area contributed by atoms with Gasteiger partial charge in [-0.15, -0.1) is 0 Å². The Morgan fingerprint density at radius 1 is 1.19 bits per heavy atom. The molecule has 1 N–H and O–H groups in total. The first-order valence-corrected chi connectivity index (χ1v) is 7.27. The van der Waals surface area contributed by atoms with E-state index in [1.165, 1.54) is 24.0 Å². The van der Waals surface area contributed by atoms with Gasteiger partial charge in [-0.05, 0) is 49.9 Å². The molecule has 0 radical (unpaired) electrons. The van der Waals surface area contributed by atoms with Gasteiger partial charge in [0.25, 0.3) is 0 Å². The Labute approximate surface area is 123 Å². The van der Waals surface area contributed by atoms with Gasteiger partial charge in [-0.2, -0.15) is 10.2 Å². The number of aryl methyl sites for hydroxylation is 1. The predicted octanol–water partition coefficient (Wildman–Crippen LogP) is 3.15. The number of nitrogens with one attached hydrogen (secondary N) is 1. The number of aromatic nitrogens is 5. The van der Waals surface area contributed by atoms with Crippen LogP contribution >= 0.6 is 0 Å². The normalized spacial score (nSPS) is 14.6. The summed E-state index contributed by atoms with van der Waals surface area (Å²) in [6, 6.07) is 8.20. The van der Waals surface area contributed by atoms with Crippen LogP contribution in [-0.2, 0) is 0 Å². The van der Waals surface area contributed by atoms with E-state index in [9.17, 15) is 0 Å². The number of rotatable bonds is 3. The zero-order valence-corrected chi connectivity index (χ0v) is 12.2. The molecule has 1 aromatic carbocycles. The summed E-state index contributed by atoms with van der Waals surface area (Å²) in [5.74, 6) is 2.31. The zero-order valence-electron chi connectivity index (χ0n) is 12.2. The Balaban J connectivity index is 1.92. The maximum atomic E-state index is 4.76. The lowest BCUT2D eigenvalue weighted by Crippen LogP contribution is -2.03. The van der Waals surface area contributed by atoms with Gasteiger partial charge in [-0.3, -0.25) is 5.10 Å². The SMILES string of the molecule is Cc1cccc(-n2nc(C3CC3)nc2-c2ccn[nH]2)c1C. The maximum absolute atomic E-state index is 4.76. The van der Waals surface area contributed by atoms with Crippen molar-refractivity contribution in [1.82, 2.24) is 25.0 Å². The zero-order chi connectivity index (χ0) is 14.4. The molecule has 2 aromatic heterocycles. The Hall–Kier alpha value is -2.43. The molecule has 106 valence electrons. The molecule has 0 saturated heterocycles. The fourth-order valence-electron chi connectivity index (χ4n) is 2.53. The Morgan fingerprint density at radius 3 is 2.76 bits per heavy atom. The lowest BCUT2D eigenvalue weighted by molar-refractivity contribution is 0.830. The van der Waals surface area contributed by atoms with E-state index < -0.39 is 0 Å². The van der Waals surface area contributed by atoms with Crippen LogP contribution in [0, 0.1) is 13.8 Å². The molecule has 1 saturated carbocycles. The molecule has 1 fully saturated rings. The second-order valence-electron chi connectivity index (χ2n) is 5.67. The molecule has 1 aliphatic carbocycles. The van der Waals surface area contributed by atoms with Crippen molar-refractivity contribution in [2.45, 2.75) is 32.6 Å². The average Bonchev–Trinajstić information content (AvgIpc) is 3.02. The van der Waals surface area contributed by atoms with Crippen LogP contribution in [0.1, 0.15) is 35.7 Å². The van der Waals surface area contributed by atoms with E-state index in [-0.39, 0.29) is 0 Å². The van der Waals surface area contributed by atoms with Crippen LogP contribution in [0.3, 0.4) is 0 Å². The standard InChI is InChI=1S/C16H17N5/c1-10-4-3-5-14(11(10)2)21-16(13-8-9-17-19-13)18-15(20-21)12-6-7-12/h3-5,8-9,12H,6-7H2,1-2H3,(H,17,19). The summed E-state index contributed by atoms with van der Waals surface area (Å²) in [7, 11) is 0. The number of hydrogen-bond acceptors (Lipinski definition) is 3. The van der Waals surface area contributed by atoms with E-state index >= 15 is 0 Å². The van der Waals surface area contributed by atoms with Crippen molar-refractivity contribution in [1.29, 1.82) is 0 Å². The minimum absolute atomic E-state index is 0.526. The minimum atomic E-state index is 0.526. The van der Waals surface area contributed by atoms with Gasteiger partial charge in [-0.25, -0.2) is 9.67 Å². The minimum Gasteiger partial charge on any atom is -0.275 e. The van der Waals surface area contributed by atoms with Gasteiger partial charge in [0.2, 0.25) is 0 Å². The Bertz CT molecular complexity index is 781. The van der Waals surface area contributed by atoms with Crippen LogP contribution in [0.5, 0.6) is 0 Å². The van der Waals surface area contributed by atoms with Crippen molar-refractivity contribution in [3.8, 4) is 17.2 Å². The van der Waals surface area contributed by atoms with E-state index in [1.54, 1.807) is 6.20 Å². The van der Waals surface area contributed by atoms with Gasteiger partial charge in [-0.1, -0.05) is 12.1 Å². The van der Waals surface area contributed by atoms with Crippen LogP contribution < -0.4 is 0 Å². The lowest BCUT2D eigenvalue weighted by atomic mass is 10.1. The number of nitrogens with zero attached hydrogens (tertiary/aromatic N) is 4. The summed E-state index contributed by atoms with van der Waals surface area (Å²) in [6.45, 7) is 4.24. The maximum Gasteiger partial charge on any atom is 0.181 e. The highest BCUT2D eigenvalue weighted by Gasteiger charge is 2.30. The summed E-state index contributed by atoms with van der Waals surface area (Å²) >= 11 is 0. The molecule has 5 heteroatoms. The van der Waals surface area contributed by atoms with Crippen LogP contribution in [0.25, 0.3) is 17.2 Å². The van der Waals surface area contributed by atoms with Gasteiger partial charge >= 0.3 is 0 Å². The van der Waals surface area contributed by atoms with Crippen LogP contribution in [-0.4, -0.2) is 25.0 Å². The second-order valence-corrected chi connectivity index (χ2v) is 5.67. The number of benzene rings is 1. The third kappa shape index (κ3) is 2.05. The third-order valence-electron chi connectivity index (χ3n) is 4.11. The van der Waals surface area contributed by atoms with E-state index in [2.05, 4.69) is 42.2 Å². The van der Waals surface area contributed by atoms with Crippen molar-refractivity contribution >= 4 is 0 Å². The second kappa shape index (κ2) is 4.55. The number of aromatic amines is 1. The van der Waals surface area contributed by atoms with E-state index in [4.69, 9.17) is 10.1 Å². The molecule has 3 aromatic rings. The fourth-order valence-corrected chi connectivity index (χ4v) is 2.53. The molecule has 0 bridgehead atoms. The Kier molecular flexibility index (Phi) is 2.67. The lowest BCUT2D eigenvalue weighted by Gasteiger charge is -2.10. The molecular formula is C16H17N5. The monoisotopic (exact) mass is 279 g/mol. The molecule has 0 aliphatic heterocycles. The molecule has 0 atom stereocenters. The van der Waals surface area contributed by atoms with Crippen LogP contribution in [0.4, 0.5) is 0 Å². The molecule has 2 heterocycles. The van der Waals surface area contributed by atoms with Crippen molar-refractivity contribution in [3.63, 3.8) is 0 Å². The molecule has 5 nitrogen and oxygen atoms in total. The predicted molar refractivity (Wildman–Crippen MR) is 80.4 cm³/mol. The average molecular weight is 279 g/mol. The topological polar surface area (TPSA) is 59.4 Å². The highest BCUT2D eigenvalue weighted by atomic mass is 15.4. The molecule has 0 unspecified atom stereocenters. The molecule has 0 spiro atoms. The summed E-state index contributed by atoms with van der Waals surface area (Å²) in [4.78, 5) is 4.74. The van der Waals surface area contributed by atoms with E-state index in [1.807, 2.05) is 10.7 Å². The summed E-state index contributed by atoms with van der Waals surface area (Å²) < 4.78 is 1.95. The first-order chi connectivity index (χ1) is 10.2. The van der Waals surface area contributed by atoms with Crippen molar-refractivity contribution in [2.75, 3.05) is 0 Å². The molecule has 0 amide bonds. The molecule has 1 aliphatic rings. The highest BCUT2D eigenvalue weighted by Crippen LogP contribution is 2.39. The van der Waals surface area contributed by atoms with Crippen LogP contribution in [0.15, 0.2) is 30.5 Å². The quantitative estimate of drug-likeness (QED) is 0.801. The summed E-state index contributed by atoms with van der Waals surface area (Å²) in [6.07, 6.45) is 4.13. The highest BCUT2D eigenvalue weighted by molar-refractivity contribution is 5.55.